The largest absolute Gasteiger partial charge is 0.309 e. The van der Waals surface area contributed by atoms with E-state index >= 15 is 0 Å². The van der Waals surface area contributed by atoms with Crippen LogP contribution in [-0.2, 0) is 0 Å². The van der Waals surface area contributed by atoms with Crippen molar-refractivity contribution < 1.29 is 0 Å². The molecule has 0 spiro atoms. The Bertz CT molecular complexity index is 3010. The van der Waals surface area contributed by atoms with Crippen molar-refractivity contribution in [3.05, 3.63) is 158 Å². The van der Waals surface area contributed by atoms with Crippen LogP contribution in [0.25, 0.3) is 97.2 Å². The highest BCUT2D eigenvalue weighted by molar-refractivity contribution is 7.26. The Hall–Kier alpha value is -5.90. The predicted octanol–water partition coefficient (Wildman–Crippen LogP) is 12.5. The summed E-state index contributed by atoms with van der Waals surface area (Å²) in [6.45, 7) is 0. The smallest absolute Gasteiger partial charge is 0.0728 e. The van der Waals surface area contributed by atoms with E-state index in [0.717, 1.165) is 0 Å². The molecule has 11 rings (SSSR count). The summed E-state index contributed by atoms with van der Waals surface area (Å²) < 4.78 is 7.64. The maximum absolute atomic E-state index is 2.51. The topological polar surface area (TPSA) is 9.34 Å². The van der Waals surface area contributed by atoms with E-state index in [9.17, 15) is 0 Å². The van der Waals surface area contributed by atoms with Crippen molar-refractivity contribution in [2.75, 3.05) is 0 Å². The molecule has 0 unspecified atom stereocenters. The van der Waals surface area contributed by atoms with E-state index in [0.29, 0.717) is 0 Å². The maximum Gasteiger partial charge on any atom is 0.0728 e. The molecule has 218 valence electrons. The van der Waals surface area contributed by atoms with Gasteiger partial charge in [0.25, 0.3) is 0 Å². The van der Waals surface area contributed by atoms with Crippen molar-refractivity contribution >= 4 is 80.6 Å². The third-order valence-electron chi connectivity index (χ3n) is 10.0. The standard InChI is InChI=1S/C44H26N2S/c1-2-11-27(12-3-1)28-13-10-14-31(23-28)45-38-18-7-4-15-32(38)35-24-29(21-22-40(35)45)30-25-36-33-16-5-8-19-39(33)46-42(36)37(26-30)44-43(46)34-17-6-9-20-41(34)47-44/h1-26H. The van der Waals surface area contributed by atoms with Crippen molar-refractivity contribution in [3.8, 4) is 27.9 Å². The van der Waals surface area contributed by atoms with Gasteiger partial charge in [0.1, 0.15) is 0 Å². The highest BCUT2D eigenvalue weighted by Gasteiger charge is 2.22. The molecule has 0 fully saturated rings. The normalized spacial score (nSPS) is 12.3. The van der Waals surface area contributed by atoms with Crippen LogP contribution in [0.1, 0.15) is 0 Å². The highest BCUT2D eigenvalue weighted by Crippen LogP contribution is 2.47. The lowest BCUT2D eigenvalue weighted by atomic mass is 9.99. The molecular formula is C44H26N2S. The zero-order valence-electron chi connectivity index (χ0n) is 25.3. The SMILES string of the molecule is c1ccc(-c2cccc(-n3c4ccccc4c4cc(-c5cc6c7ccccc7n7c6c(c5)c5sc6ccccc6c57)ccc43)c2)cc1. The summed E-state index contributed by atoms with van der Waals surface area (Å²) in [5.74, 6) is 0. The minimum absolute atomic E-state index is 1.17. The first-order valence-electron chi connectivity index (χ1n) is 16.1. The van der Waals surface area contributed by atoms with E-state index in [1.165, 1.54) is 97.2 Å². The predicted molar refractivity (Wildman–Crippen MR) is 202 cm³/mol. The van der Waals surface area contributed by atoms with Gasteiger partial charge in [-0.1, -0.05) is 103 Å². The molecule has 0 aliphatic heterocycles. The molecule has 4 heterocycles. The first-order valence-corrected chi connectivity index (χ1v) is 16.9. The number of fused-ring (bicyclic) bond motifs is 11. The van der Waals surface area contributed by atoms with Gasteiger partial charge in [0.2, 0.25) is 0 Å². The van der Waals surface area contributed by atoms with E-state index in [1.54, 1.807) is 0 Å². The quantitative estimate of drug-likeness (QED) is 0.187. The van der Waals surface area contributed by atoms with Crippen LogP contribution in [0.3, 0.4) is 0 Å². The second-order valence-electron chi connectivity index (χ2n) is 12.5. The van der Waals surface area contributed by atoms with E-state index in [4.69, 9.17) is 0 Å². The minimum atomic E-state index is 1.17. The number of hydrogen-bond acceptors (Lipinski definition) is 1. The van der Waals surface area contributed by atoms with Gasteiger partial charge in [-0.25, -0.2) is 0 Å². The second-order valence-corrected chi connectivity index (χ2v) is 13.6. The Morgan fingerprint density at radius 1 is 0.362 bits per heavy atom. The van der Waals surface area contributed by atoms with E-state index in [1.807, 2.05) is 11.3 Å². The summed E-state index contributed by atoms with van der Waals surface area (Å²) in [5, 5.41) is 7.83. The Labute approximate surface area is 274 Å². The lowest BCUT2D eigenvalue weighted by Crippen LogP contribution is -1.94. The Kier molecular flexibility index (Phi) is 5.02. The fourth-order valence-electron chi connectivity index (χ4n) is 7.99. The van der Waals surface area contributed by atoms with Gasteiger partial charge in [-0.05, 0) is 76.9 Å². The highest BCUT2D eigenvalue weighted by atomic mass is 32.1. The number of benzene rings is 7. The first kappa shape index (κ1) is 25.3. The van der Waals surface area contributed by atoms with Crippen LogP contribution < -0.4 is 0 Å². The van der Waals surface area contributed by atoms with Crippen molar-refractivity contribution in [1.29, 1.82) is 0 Å². The third-order valence-corrected chi connectivity index (χ3v) is 11.2. The average molecular weight is 615 g/mol. The van der Waals surface area contributed by atoms with Gasteiger partial charge in [-0.2, -0.15) is 0 Å². The lowest BCUT2D eigenvalue weighted by molar-refractivity contribution is 1.18. The number of aromatic nitrogens is 2. The molecule has 0 N–H and O–H groups in total. The van der Waals surface area contributed by atoms with Crippen LogP contribution >= 0.6 is 11.3 Å². The monoisotopic (exact) mass is 614 g/mol. The maximum atomic E-state index is 2.51. The summed E-state index contributed by atoms with van der Waals surface area (Å²) in [4.78, 5) is 0. The Morgan fingerprint density at radius 2 is 1.00 bits per heavy atom. The molecule has 4 aromatic heterocycles. The van der Waals surface area contributed by atoms with Gasteiger partial charge in [0.15, 0.2) is 0 Å². The molecule has 11 aromatic rings. The van der Waals surface area contributed by atoms with Crippen LogP contribution in [-0.4, -0.2) is 8.97 Å². The lowest BCUT2D eigenvalue weighted by Gasteiger charge is -2.11. The van der Waals surface area contributed by atoms with Crippen LogP contribution in [0.4, 0.5) is 0 Å². The molecule has 0 amide bonds. The summed E-state index contributed by atoms with van der Waals surface area (Å²) in [6, 6.07) is 58.0. The number of para-hydroxylation sites is 2. The fraction of sp³-hybridized carbons (Fsp3) is 0. The molecule has 0 saturated carbocycles. The Balaban J connectivity index is 1.17. The zero-order valence-corrected chi connectivity index (χ0v) is 26.1. The van der Waals surface area contributed by atoms with E-state index in [2.05, 4.69) is 167 Å². The van der Waals surface area contributed by atoms with E-state index in [-0.39, 0.29) is 0 Å². The first-order chi connectivity index (χ1) is 23.3. The van der Waals surface area contributed by atoms with E-state index < -0.39 is 0 Å². The van der Waals surface area contributed by atoms with Crippen molar-refractivity contribution in [3.63, 3.8) is 0 Å². The van der Waals surface area contributed by atoms with Crippen LogP contribution in [0.2, 0.25) is 0 Å². The molecule has 0 saturated heterocycles. The summed E-state index contributed by atoms with van der Waals surface area (Å²) in [6.07, 6.45) is 0. The number of hydrogen-bond donors (Lipinski definition) is 0. The van der Waals surface area contributed by atoms with Crippen LogP contribution in [0.5, 0.6) is 0 Å². The van der Waals surface area contributed by atoms with Crippen molar-refractivity contribution in [2.24, 2.45) is 0 Å². The number of rotatable bonds is 3. The summed E-state index contributed by atoms with van der Waals surface area (Å²) in [7, 11) is 0. The summed E-state index contributed by atoms with van der Waals surface area (Å²) in [5.41, 5.74) is 12.5. The molecule has 47 heavy (non-hydrogen) atoms. The molecule has 3 heteroatoms. The molecule has 2 nitrogen and oxygen atoms in total. The minimum Gasteiger partial charge on any atom is -0.309 e. The summed E-state index contributed by atoms with van der Waals surface area (Å²) >= 11 is 1.91. The Morgan fingerprint density at radius 3 is 1.87 bits per heavy atom. The molecule has 7 aromatic carbocycles. The molecule has 0 aliphatic carbocycles. The van der Waals surface area contributed by atoms with Crippen molar-refractivity contribution in [1.82, 2.24) is 8.97 Å². The van der Waals surface area contributed by atoms with Crippen LogP contribution in [0.15, 0.2) is 158 Å². The van der Waals surface area contributed by atoms with Crippen molar-refractivity contribution in [2.45, 2.75) is 0 Å². The molecule has 0 atom stereocenters. The van der Waals surface area contributed by atoms with Gasteiger partial charge in [0.05, 0.1) is 32.3 Å². The molecular weight excluding hydrogens is 589 g/mol. The molecule has 0 bridgehead atoms. The van der Waals surface area contributed by atoms with Gasteiger partial charge in [-0.3, -0.25) is 0 Å². The van der Waals surface area contributed by atoms with Gasteiger partial charge in [-0.15, -0.1) is 11.3 Å². The zero-order chi connectivity index (χ0) is 30.6. The second kappa shape index (κ2) is 9.32. The van der Waals surface area contributed by atoms with Gasteiger partial charge in [0, 0.05) is 42.7 Å². The molecule has 0 aliphatic rings. The third kappa shape index (κ3) is 3.44. The number of nitrogens with zero attached hydrogens (tertiary/aromatic N) is 2. The average Bonchev–Trinajstić information content (AvgIpc) is 3.86. The van der Waals surface area contributed by atoms with Gasteiger partial charge >= 0.3 is 0 Å². The number of thiophene rings is 1. The van der Waals surface area contributed by atoms with Crippen LogP contribution in [0, 0.1) is 0 Å². The fourth-order valence-corrected chi connectivity index (χ4v) is 9.20. The van der Waals surface area contributed by atoms with Gasteiger partial charge < -0.3 is 8.97 Å². The molecule has 0 radical (unpaired) electrons.